The molecule has 3 heterocycles. The van der Waals surface area contributed by atoms with Crippen LogP contribution in [0.3, 0.4) is 0 Å². The van der Waals surface area contributed by atoms with Crippen molar-refractivity contribution in [2.45, 2.75) is 13.0 Å². The van der Waals surface area contributed by atoms with E-state index in [1.54, 1.807) is 23.5 Å². The summed E-state index contributed by atoms with van der Waals surface area (Å²) in [7, 11) is 0. The van der Waals surface area contributed by atoms with E-state index in [2.05, 4.69) is 32.8 Å². The van der Waals surface area contributed by atoms with E-state index >= 15 is 0 Å². The number of nitrogens with zero attached hydrogens (tertiary/aromatic N) is 6. The number of fused-ring (bicyclic) bond motifs is 1. The minimum absolute atomic E-state index is 0.0386. The molecule has 4 rings (SSSR count). The second-order valence-corrected chi connectivity index (χ2v) is 7.59. The second kappa shape index (κ2) is 7.50. The summed E-state index contributed by atoms with van der Waals surface area (Å²) in [6, 6.07) is 8.61. The zero-order valence-electron chi connectivity index (χ0n) is 15.3. The van der Waals surface area contributed by atoms with Crippen LogP contribution >= 0.6 is 11.3 Å². The highest BCUT2D eigenvalue weighted by Crippen LogP contribution is 2.28. The number of nitro benzene ring substituents is 1. The van der Waals surface area contributed by atoms with Crippen LogP contribution in [0.4, 0.5) is 11.5 Å². The van der Waals surface area contributed by atoms with Crippen LogP contribution in [0.25, 0.3) is 10.9 Å². The quantitative estimate of drug-likeness (QED) is 0.494. The molecule has 1 aliphatic rings. The number of nitro groups is 1. The molecular weight excluding hydrogens is 376 g/mol. The number of benzene rings is 1. The zero-order valence-corrected chi connectivity index (χ0v) is 16.1. The van der Waals surface area contributed by atoms with Crippen LogP contribution in [0.5, 0.6) is 0 Å². The highest BCUT2D eigenvalue weighted by atomic mass is 32.1. The fraction of sp³-hybridized carbons (Fsp3) is 0.316. The van der Waals surface area contributed by atoms with Gasteiger partial charge in [-0.2, -0.15) is 5.26 Å². The summed E-state index contributed by atoms with van der Waals surface area (Å²) in [6.07, 6.45) is 1.83. The van der Waals surface area contributed by atoms with Gasteiger partial charge in [-0.3, -0.25) is 15.0 Å². The van der Waals surface area contributed by atoms with E-state index in [1.807, 2.05) is 11.6 Å². The number of hydrogen-bond donors (Lipinski definition) is 0. The average Bonchev–Trinajstić information content (AvgIpc) is 3.27. The van der Waals surface area contributed by atoms with E-state index in [-0.39, 0.29) is 11.7 Å². The smallest absolute Gasteiger partial charge is 0.270 e. The van der Waals surface area contributed by atoms with Crippen molar-refractivity contribution in [3.63, 3.8) is 0 Å². The monoisotopic (exact) mass is 394 g/mol. The van der Waals surface area contributed by atoms with Crippen LogP contribution < -0.4 is 4.90 Å². The summed E-state index contributed by atoms with van der Waals surface area (Å²) in [4.78, 5) is 24.2. The fourth-order valence-electron chi connectivity index (χ4n) is 3.50. The molecule has 142 valence electrons. The van der Waals surface area contributed by atoms with E-state index in [1.165, 1.54) is 12.1 Å². The molecule has 2 aromatic heterocycles. The Balaban J connectivity index is 1.56. The fourth-order valence-corrected chi connectivity index (χ4v) is 4.23. The van der Waals surface area contributed by atoms with Crippen LogP contribution in [-0.4, -0.2) is 46.0 Å². The average molecular weight is 394 g/mol. The highest BCUT2D eigenvalue weighted by Gasteiger charge is 2.24. The Labute approximate surface area is 165 Å². The Kier molecular flexibility index (Phi) is 4.90. The summed E-state index contributed by atoms with van der Waals surface area (Å²) in [6.45, 7) is 5.52. The first-order chi connectivity index (χ1) is 13.6. The number of aromatic nitrogens is 2. The van der Waals surface area contributed by atoms with E-state index in [0.29, 0.717) is 16.5 Å². The number of piperazine rings is 1. The van der Waals surface area contributed by atoms with Gasteiger partial charge in [-0.05, 0) is 19.1 Å². The van der Waals surface area contributed by atoms with Crippen molar-refractivity contribution in [1.82, 2.24) is 14.9 Å². The Morgan fingerprint density at radius 3 is 2.71 bits per heavy atom. The van der Waals surface area contributed by atoms with Crippen LogP contribution in [0.15, 0.2) is 35.8 Å². The number of non-ortho nitro benzene ring substituents is 1. The van der Waals surface area contributed by atoms with Crippen LogP contribution in [0, 0.1) is 21.4 Å². The van der Waals surface area contributed by atoms with Crippen molar-refractivity contribution in [3.05, 3.63) is 56.5 Å². The number of rotatable bonds is 4. The summed E-state index contributed by atoms with van der Waals surface area (Å²) >= 11 is 1.67. The molecule has 8 nitrogen and oxygen atoms in total. The molecule has 3 aromatic rings. The third-order valence-electron chi connectivity index (χ3n) is 5.10. The van der Waals surface area contributed by atoms with Gasteiger partial charge in [0, 0.05) is 55.3 Å². The van der Waals surface area contributed by atoms with Gasteiger partial charge in [0.05, 0.1) is 28.1 Å². The van der Waals surface area contributed by atoms with Crippen molar-refractivity contribution in [3.8, 4) is 6.07 Å². The molecule has 0 amide bonds. The molecule has 1 saturated heterocycles. The molecule has 1 aliphatic heterocycles. The molecule has 1 atom stereocenters. The van der Waals surface area contributed by atoms with E-state index < -0.39 is 4.92 Å². The highest BCUT2D eigenvalue weighted by molar-refractivity contribution is 7.09. The molecule has 1 unspecified atom stereocenters. The Morgan fingerprint density at radius 2 is 2.07 bits per heavy atom. The number of nitriles is 1. The van der Waals surface area contributed by atoms with Gasteiger partial charge in [0.2, 0.25) is 0 Å². The van der Waals surface area contributed by atoms with Crippen molar-refractivity contribution >= 4 is 33.7 Å². The number of hydrogen-bond acceptors (Lipinski definition) is 8. The topological polar surface area (TPSA) is 99.2 Å². The minimum Gasteiger partial charge on any atom is -0.354 e. The third kappa shape index (κ3) is 3.40. The van der Waals surface area contributed by atoms with E-state index in [4.69, 9.17) is 0 Å². The maximum atomic E-state index is 11.0. The first-order valence-electron chi connectivity index (χ1n) is 8.94. The predicted octanol–water partition coefficient (Wildman–Crippen LogP) is 3.35. The SMILES string of the molecule is CC(c1nccs1)N1CCN(c2cc(C#N)c3cc([N+](=O)[O-])ccc3n2)CC1. The van der Waals surface area contributed by atoms with Crippen LogP contribution in [-0.2, 0) is 0 Å². The lowest BCUT2D eigenvalue weighted by molar-refractivity contribution is -0.384. The van der Waals surface area contributed by atoms with Gasteiger partial charge >= 0.3 is 0 Å². The molecule has 0 N–H and O–H groups in total. The summed E-state index contributed by atoms with van der Waals surface area (Å²) in [5.74, 6) is 0.736. The van der Waals surface area contributed by atoms with Gasteiger partial charge in [-0.15, -0.1) is 11.3 Å². The molecule has 0 spiro atoms. The Bertz CT molecular complexity index is 1050. The standard InChI is InChI=1S/C19H18N6O2S/c1-13(19-21-4-9-28-19)23-5-7-24(8-6-23)18-10-14(12-20)16-11-15(25(26)27)2-3-17(16)22-18/h2-4,9-11,13H,5-8H2,1H3. The van der Waals surface area contributed by atoms with Gasteiger partial charge < -0.3 is 4.90 Å². The largest absolute Gasteiger partial charge is 0.354 e. The van der Waals surface area contributed by atoms with Gasteiger partial charge in [0.1, 0.15) is 10.8 Å². The number of thiazole rings is 1. The molecule has 0 saturated carbocycles. The van der Waals surface area contributed by atoms with Gasteiger partial charge in [0.25, 0.3) is 5.69 Å². The van der Waals surface area contributed by atoms with Crippen molar-refractivity contribution in [1.29, 1.82) is 5.26 Å². The number of pyridine rings is 1. The van der Waals surface area contributed by atoms with Gasteiger partial charge in [-0.25, -0.2) is 9.97 Å². The Morgan fingerprint density at radius 1 is 1.29 bits per heavy atom. The molecular formula is C19H18N6O2S. The predicted molar refractivity (Wildman–Crippen MR) is 107 cm³/mol. The van der Waals surface area contributed by atoms with E-state index in [0.717, 1.165) is 37.0 Å². The first kappa shape index (κ1) is 18.3. The van der Waals surface area contributed by atoms with Crippen LogP contribution in [0.1, 0.15) is 23.5 Å². The lowest BCUT2D eigenvalue weighted by Crippen LogP contribution is -2.47. The molecule has 0 aliphatic carbocycles. The van der Waals surface area contributed by atoms with Gasteiger partial charge in [-0.1, -0.05) is 0 Å². The molecule has 1 fully saturated rings. The van der Waals surface area contributed by atoms with Crippen molar-refractivity contribution in [2.24, 2.45) is 0 Å². The normalized spacial score (nSPS) is 16.1. The lowest BCUT2D eigenvalue weighted by Gasteiger charge is -2.38. The molecule has 0 bridgehead atoms. The summed E-state index contributed by atoms with van der Waals surface area (Å²) in [5.41, 5.74) is 0.962. The zero-order chi connectivity index (χ0) is 19.7. The minimum atomic E-state index is -0.461. The van der Waals surface area contributed by atoms with Crippen molar-refractivity contribution in [2.75, 3.05) is 31.1 Å². The number of anilines is 1. The lowest BCUT2D eigenvalue weighted by atomic mass is 10.1. The molecule has 28 heavy (non-hydrogen) atoms. The maximum absolute atomic E-state index is 11.0. The first-order valence-corrected chi connectivity index (χ1v) is 9.82. The second-order valence-electron chi connectivity index (χ2n) is 6.67. The molecule has 0 radical (unpaired) electrons. The summed E-state index contributed by atoms with van der Waals surface area (Å²) < 4.78 is 0. The van der Waals surface area contributed by atoms with Gasteiger partial charge in [0.15, 0.2) is 0 Å². The molecule has 9 heteroatoms. The maximum Gasteiger partial charge on any atom is 0.270 e. The van der Waals surface area contributed by atoms with E-state index in [9.17, 15) is 15.4 Å². The van der Waals surface area contributed by atoms with Crippen LogP contribution in [0.2, 0.25) is 0 Å². The summed E-state index contributed by atoms with van der Waals surface area (Å²) in [5, 5.41) is 24.2. The Hall–Kier alpha value is -3.09. The van der Waals surface area contributed by atoms with Crippen molar-refractivity contribution < 1.29 is 4.92 Å². The molecule has 1 aromatic carbocycles. The third-order valence-corrected chi connectivity index (χ3v) is 6.05.